The van der Waals surface area contributed by atoms with Gasteiger partial charge in [-0.15, -0.1) is 0 Å². The van der Waals surface area contributed by atoms with Gasteiger partial charge in [0, 0.05) is 23.4 Å². The van der Waals surface area contributed by atoms with E-state index in [1.54, 1.807) is 0 Å². The number of hydrogen-bond donors (Lipinski definition) is 4. The lowest BCUT2D eigenvalue weighted by molar-refractivity contribution is -0.249. The number of aliphatic hydroxyl groups excluding tert-OH is 2. The lowest BCUT2D eigenvalue weighted by atomic mass is 9.51. The van der Waals surface area contributed by atoms with Gasteiger partial charge in [-0.25, -0.2) is 21.6 Å². The maximum atomic E-state index is 13.4. The van der Waals surface area contributed by atoms with Gasteiger partial charge < -0.3 is 20.6 Å². The number of halogens is 4. The maximum Gasteiger partial charge on any atom is 0.255 e. The molecule has 5 rings (SSSR count). The predicted octanol–water partition coefficient (Wildman–Crippen LogP) is 3.05. The Balaban J connectivity index is 1.57. The van der Waals surface area contributed by atoms with Gasteiger partial charge in [0.25, 0.3) is 5.91 Å². The molecule has 3 unspecified atom stereocenters. The average molecular weight is 534 g/mol. The van der Waals surface area contributed by atoms with E-state index >= 15 is 0 Å². The van der Waals surface area contributed by atoms with Crippen molar-refractivity contribution in [1.29, 1.82) is 0 Å². The summed E-state index contributed by atoms with van der Waals surface area (Å²) in [6.45, 7) is 1.34. The number of amides is 1. The van der Waals surface area contributed by atoms with Crippen LogP contribution in [0.15, 0.2) is 35.2 Å². The number of nitrogens with one attached hydrogen (secondary N) is 1. The Bertz CT molecular complexity index is 1250. The highest BCUT2D eigenvalue weighted by Gasteiger charge is 2.63. The van der Waals surface area contributed by atoms with Crippen LogP contribution in [0, 0.1) is 29.3 Å². The van der Waals surface area contributed by atoms with Crippen LogP contribution in [0.5, 0.6) is 0 Å². The van der Waals surface area contributed by atoms with Gasteiger partial charge in [0.1, 0.15) is 6.10 Å². The Labute approximate surface area is 204 Å². The molecule has 3 saturated carbocycles. The molecule has 2 aromatic carbocycles. The molecule has 0 aromatic heterocycles. The number of sulfone groups is 1. The molecule has 3 aliphatic carbocycles. The number of rotatable bonds is 6. The molecule has 0 heterocycles. The van der Waals surface area contributed by atoms with Crippen molar-refractivity contribution in [2.24, 2.45) is 11.8 Å². The SMILES string of the molecule is CC(O)[C@H](O)C1(O)C2CC1CC(S(=O)(=O)c1cc(C(=O)Nc3cc(F)c(F)c(F)c3)ccc1Cl)C2. The van der Waals surface area contributed by atoms with E-state index in [1.165, 1.54) is 19.1 Å². The van der Waals surface area contributed by atoms with Crippen molar-refractivity contribution in [3.05, 3.63) is 58.4 Å². The van der Waals surface area contributed by atoms with Crippen molar-refractivity contribution in [3.63, 3.8) is 0 Å². The molecule has 0 spiro atoms. The van der Waals surface area contributed by atoms with E-state index in [0.29, 0.717) is 18.6 Å². The molecule has 0 radical (unpaired) electrons. The third-order valence-electron chi connectivity index (χ3n) is 7.08. The highest BCUT2D eigenvalue weighted by atomic mass is 35.5. The van der Waals surface area contributed by atoms with Crippen LogP contribution in [0.2, 0.25) is 5.02 Å². The minimum absolute atomic E-state index is 0.0278. The Morgan fingerprint density at radius 1 is 1.09 bits per heavy atom. The van der Waals surface area contributed by atoms with Crippen LogP contribution in [-0.2, 0) is 9.84 Å². The van der Waals surface area contributed by atoms with Crippen LogP contribution in [0.1, 0.15) is 36.5 Å². The van der Waals surface area contributed by atoms with Gasteiger partial charge in [0.05, 0.1) is 26.9 Å². The first-order valence-electron chi connectivity index (χ1n) is 10.8. The normalized spacial score (nSPS) is 27.6. The van der Waals surface area contributed by atoms with Crippen molar-refractivity contribution in [1.82, 2.24) is 0 Å². The summed E-state index contributed by atoms with van der Waals surface area (Å²) < 4.78 is 66.8. The van der Waals surface area contributed by atoms with Gasteiger partial charge in [0.2, 0.25) is 0 Å². The summed E-state index contributed by atoms with van der Waals surface area (Å²) in [6, 6.07) is 4.64. The molecule has 7 nitrogen and oxygen atoms in total. The molecule has 3 fully saturated rings. The van der Waals surface area contributed by atoms with Gasteiger partial charge in [0.15, 0.2) is 27.3 Å². The van der Waals surface area contributed by atoms with E-state index < -0.39 is 68.1 Å². The quantitative estimate of drug-likeness (QED) is 0.423. The lowest BCUT2D eigenvalue weighted by Crippen LogP contribution is -2.69. The van der Waals surface area contributed by atoms with Crippen LogP contribution in [0.4, 0.5) is 18.9 Å². The van der Waals surface area contributed by atoms with E-state index in [4.69, 9.17) is 11.6 Å². The average Bonchev–Trinajstić information content (AvgIpc) is 2.81. The summed E-state index contributed by atoms with van der Waals surface area (Å²) in [7, 11) is -4.08. The first-order valence-corrected chi connectivity index (χ1v) is 12.8. The fraction of sp³-hybridized carbons (Fsp3) is 0.435. The second-order valence-electron chi connectivity index (χ2n) is 9.19. The van der Waals surface area contributed by atoms with E-state index in [0.717, 1.165) is 6.07 Å². The summed E-state index contributed by atoms with van der Waals surface area (Å²) in [5.74, 6) is -6.68. The van der Waals surface area contributed by atoms with Crippen molar-refractivity contribution >= 4 is 33.0 Å². The second kappa shape index (κ2) is 9.04. The smallest absolute Gasteiger partial charge is 0.255 e. The molecule has 4 N–H and O–H groups in total. The number of anilines is 1. The van der Waals surface area contributed by atoms with Gasteiger partial charge in [-0.2, -0.15) is 0 Å². The van der Waals surface area contributed by atoms with Crippen molar-refractivity contribution in [2.75, 3.05) is 5.32 Å². The van der Waals surface area contributed by atoms with Crippen LogP contribution >= 0.6 is 11.6 Å². The fourth-order valence-electron chi connectivity index (χ4n) is 5.19. The van der Waals surface area contributed by atoms with Crippen LogP contribution in [-0.4, -0.2) is 52.7 Å². The molecule has 0 aliphatic heterocycles. The Kier molecular flexibility index (Phi) is 6.69. The van der Waals surface area contributed by atoms with Crippen LogP contribution < -0.4 is 5.32 Å². The van der Waals surface area contributed by atoms with Gasteiger partial charge >= 0.3 is 0 Å². The number of hydrogen-bond acceptors (Lipinski definition) is 6. The van der Waals surface area contributed by atoms with E-state index in [9.17, 15) is 41.7 Å². The zero-order valence-electron chi connectivity index (χ0n) is 18.4. The maximum absolute atomic E-state index is 13.4. The largest absolute Gasteiger partial charge is 0.391 e. The van der Waals surface area contributed by atoms with E-state index in [-0.39, 0.29) is 34.0 Å². The highest BCUT2D eigenvalue weighted by molar-refractivity contribution is 7.92. The summed E-state index contributed by atoms with van der Waals surface area (Å²) in [5, 5.41) is 31.9. The molecule has 0 saturated heterocycles. The van der Waals surface area contributed by atoms with Crippen molar-refractivity contribution in [3.8, 4) is 0 Å². The molecular weight excluding hydrogens is 511 g/mol. The fourth-order valence-corrected chi connectivity index (χ4v) is 7.59. The third-order valence-corrected chi connectivity index (χ3v) is 9.74. The topological polar surface area (TPSA) is 124 Å². The molecule has 3 aliphatic rings. The highest BCUT2D eigenvalue weighted by Crippen LogP contribution is 2.57. The number of carbonyl (C=O) groups excluding carboxylic acids is 1. The van der Waals surface area contributed by atoms with Crippen molar-refractivity contribution in [2.45, 2.75) is 54.1 Å². The molecule has 1 amide bonds. The molecule has 2 bridgehead atoms. The lowest BCUT2D eigenvalue weighted by Gasteiger charge is -2.60. The molecule has 4 atom stereocenters. The van der Waals surface area contributed by atoms with E-state index in [2.05, 4.69) is 5.32 Å². The second-order valence-corrected chi connectivity index (χ2v) is 11.8. The van der Waals surface area contributed by atoms with Gasteiger partial charge in [-0.1, -0.05) is 11.6 Å². The van der Waals surface area contributed by atoms with E-state index in [1.807, 2.05) is 0 Å². The van der Waals surface area contributed by atoms with Gasteiger partial charge in [-0.05, 0) is 56.2 Å². The summed E-state index contributed by atoms with van der Waals surface area (Å²) in [4.78, 5) is 12.3. The minimum atomic E-state index is -4.08. The Morgan fingerprint density at radius 2 is 1.66 bits per heavy atom. The zero-order valence-corrected chi connectivity index (χ0v) is 20.0. The van der Waals surface area contributed by atoms with Crippen molar-refractivity contribution < 1.29 is 41.7 Å². The first kappa shape index (κ1) is 25.9. The van der Waals surface area contributed by atoms with Gasteiger partial charge in [-0.3, -0.25) is 4.79 Å². The number of carbonyl (C=O) groups is 1. The summed E-state index contributed by atoms with van der Waals surface area (Å²) >= 11 is 6.15. The monoisotopic (exact) mass is 533 g/mol. The summed E-state index contributed by atoms with van der Waals surface area (Å²) in [6.07, 6.45) is -2.04. The van der Waals surface area contributed by atoms with Crippen LogP contribution in [0.3, 0.4) is 0 Å². The summed E-state index contributed by atoms with van der Waals surface area (Å²) in [5.41, 5.74) is -2.11. The molecule has 2 aromatic rings. The number of aliphatic hydroxyl groups is 3. The number of benzene rings is 2. The minimum Gasteiger partial charge on any atom is -0.391 e. The third kappa shape index (κ3) is 4.33. The zero-order chi connectivity index (χ0) is 25.9. The standard InChI is InChI=1S/C23H23ClF3NO6S/c1-10(29)21(30)23(32)12-5-13(23)7-15(6-12)35(33,34)19-4-11(2-3-16(19)24)22(31)28-14-8-17(25)20(27)18(26)9-14/h2-4,8-10,12-13,15,21,29-30,32H,5-7H2,1H3,(H,28,31)/t10?,12?,13?,15?,21-,23?/m0/s1. The molecular formula is C23H23ClF3NO6S. The predicted molar refractivity (Wildman–Crippen MR) is 120 cm³/mol. The molecule has 35 heavy (non-hydrogen) atoms. The Hall–Kier alpha value is -2.18. The number of fused-ring (bicyclic) bond motifs is 2. The molecule has 190 valence electrons. The first-order chi connectivity index (χ1) is 16.3. The Morgan fingerprint density at radius 3 is 2.20 bits per heavy atom. The molecule has 12 heteroatoms. The van der Waals surface area contributed by atoms with Crippen LogP contribution in [0.25, 0.3) is 0 Å².